The van der Waals surface area contributed by atoms with Crippen molar-refractivity contribution in [1.82, 2.24) is 5.32 Å². The van der Waals surface area contributed by atoms with Crippen LogP contribution in [0.25, 0.3) is 0 Å². The van der Waals surface area contributed by atoms with Crippen LogP contribution in [0, 0.1) is 5.82 Å². The summed E-state index contributed by atoms with van der Waals surface area (Å²) in [5.41, 5.74) is 0.898. The van der Waals surface area contributed by atoms with Crippen molar-refractivity contribution in [2.75, 3.05) is 18.0 Å². The average Bonchev–Trinajstić information content (AvgIpc) is 2.93. The highest BCUT2D eigenvalue weighted by Gasteiger charge is 2.29. The molecular weight excluding hydrogens is 239 g/mol. The summed E-state index contributed by atoms with van der Waals surface area (Å²) in [5.74, 6) is -0.258. The molecular formula is C13H16ClFN2. The van der Waals surface area contributed by atoms with E-state index in [1.807, 2.05) is 6.07 Å². The first kappa shape index (κ1) is 11.3. The molecule has 1 atom stereocenters. The summed E-state index contributed by atoms with van der Waals surface area (Å²) in [5, 5.41) is 4.08. The zero-order valence-corrected chi connectivity index (χ0v) is 10.4. The van der Waals surface area contributed by atoms with Crippen molar-refractivity contribution in [2.45, 2.75) is 31.3 Å². The fourth-order valence-electron chi connectivity index (χ4n) is 2.44. The van der Waals surface area contributed by atoms with Gasteiger partial charge in [-0.25, -0.2) is 4.39 Å². The van der Waals surface area contributed by atoms with Crippen LogP contribution < -0.4 is 10.2 Å². The Balaban J connectivity index is 1.67. The van der Waals surface area contributed by atoms with E-state index in [0.29, 0.717) is 11.1 Å². The molecule has 1 saturated heterocycles. The highest BCUT2D eigenvalue weighted by molar-refractivity contribution is 6.30. The van der Waals surface area contributed by atoms with Gasteiger partial charge in [0.05, 0.1) is 0 Å². The molecule has 1 unspecified atom stereocenters. The van der Waals surface area contributed by atoms with Gasteiger partial charge in [0.2, 0.25) is 0 Å². The number of benzene rings is 1. The molecule has 1 aromatic carbocycles. The van der Waals surface area contributed by atoms with Crippen molar-refractivity contribution in [1.29, 1.82) is 0 Å². The number of rotatable bonds is 3. The first-order valence-corrected chi connectivity index (χ1v) is 6.55. The summed E-state index contributed by atoms with van der Waals surface area (Å²) in [6.07, 6.45) is 3.75. The third-order valence-corrected chi connectivity index (χ3v) is 3.67. The summed E-state index contributed by atoms with van der Waals surface area (Å²) < 4.78 is 13.3. The SMILES string of the molecule is Fc1cc(Cl)cc(N2CCC(NC3CC3)C2)c1. The van der Waals surface area contributed by atoms with Crippen molar-refractivity contribution >= 4 is 17.3 Å². The van der Waals surface area contributed by atoms with Gasteiger partial charge < -0.3 is 10.2 Å². The number of nitrogens with one attached hydrogen (secondary N) is 1. The molecule has 1 N–H and O–H groups in total. The Morgan fingerprint density at radius 3 is 2.71 bits per heavy atom. The Kier molecular flexibility index (Phi) is 2.97. The predicted molar refractivity (Wildman–Crippen MR) is 68.2 cm³/mol. The molecule has 2 fully saturated rings. The summed E-state index contributed by atoms with van der Waals surface area (Å²) in [6, 6.07) is 6.02. The van der Waals surface area contributed by atoms with E-state index in [-0.39, 0.29) is 5.82 Å². The maximum atomic E-state index is 13.3. The molecule has 3 rings (SSSR count). The highest BCUT2D eigenvalue weighted by Crippen LogP contribution is 2.27. The van der Waals surface area contributed by atoms with Crippen LogP contribution in [0.5, 0.6) is 0 Å². The summed E-state index contributed by atoms with van der Waals surface area (Å²) in [4.78, 5) is 2.20. The first-order chi connectivity index (χ1) is 8.20. The maximum absolute atomic E-state index is 13.3. The lowest BCUT2D eigenvalue weighted by atomic mass is 10.2. The number of hydrogen-bond donors (Lipinski definition) is 1. The van der Waals surface area contributed by atoms with E-state index < -0.39 is 0 Å². The topological polar surface area (TPSA) is 15.3 Å². The molecule has 0 aromatic heterocycles. The summed E-state index contributed by atoms with van der Waals surface area (Å²) in [7, 11) is 0. The quantitative estimate of drug-likeness (QED) is 0.892. The Labute approximate surface area is 106 Å². The van der Waals surface area contributed by atoms with E-state index in [9.17, 15) is 4.39 Å². The van der Waals surface area contributed by atoms with Gasteiger partial charge in [0.15, 0.2) is 0 Å². The van der Waals surface area contributed by atoms with Crippen LogP contribution in [0.2, 0.25) is 5.02 Å². The van der Waals surface area contributed by atoms with Gasteiger partial charge in [-0.15, -0.1) is 0 Å². The van der Waals surface area contributed by atoms with Crippen molar-refractivity contribution < 1.29 is 4.39 Å². The predicted octanol–water partition coefficient (Wildman–Crippen LogP) is 2.81. The first-order valence-electron chi connectivity index (χ1n) is 6.18. The monoisotopic (exact) mass is 254 g/mol. The third kappa shape index (κ3) is 2.72. The number of nitrogens with zero attached hydrogens (tertiary/aromatic N) is 1. The molecule has 92 valence electrons. The largest absolute Gasteiger partial charge is 0.370 e. The number of hydrogen-bond acceptors (Lipinski definition) is 2. The molecule has 0 amide bonds. The van der Waals surface area contributed by atoms with Gasteiger partial charge in [-0.2, -0.15) is 0 Å². The van der Waals surface area contributed by atoms with Gasteiger partial charge in [0, 0.05) is 35.9 Å². The lowest BCUT2D eigenvalue weighted by Gasteiger charge is -2.19. The molecule has 1 heterocycles. The van der Waals surface area contributed by atoms with Gasteiger partial charge in [-0.3, -0.25) is 0 Å². The molecule has 1 aliphatic heterocycles. The zero-order valence-electron chi connectivity index (χ0n) is 9.63. The smallest absolute Gasteiger partial charge is 0.126 e. The Morgan fingerprint density at radius 1 is 1.18 bits per heavy atom. The van der Waals surface area contributed by atoms with Gasteiger partial charge in [0.25, 0.3) is 0 Å². The average molecular weight is 255 g/mol. The molecule has 2 nitrogen and oxygen atoms in total. The zero-order chi connectivity index (χ0) is 11.8. The third-order valence-electron chi connectivity index (χ3n) is 3.45. The molecule has 2 aliphatic rings. The Bertz CT molecular complexity index is 400. The number of anilines is 1. The highest BCUT2D eigenvalue weighted by atomic mass is 35.5. The van der Waals surface area contributed by atoms with Crippen LogP contribution >= 0.6 is 11.6 Å². The second-order valence-electron chi connectivity index (χ2n) is 5.00. The van der Waals surface area contributed by atoms with E-state index in [2.05, 4.69) is 10.2 Å². The van der Waals surface area contributed by atoms with Gasteiger partial charge in [0.1, 0.15) is 5.82 Å². The molecule has 0 radical (unpaired) electrons. The summed E-state index contributed by atoms with van der Waals surface area (Å²) in [6.45, 7) is 1.93. The van der Waals surface area contributed by atoms with E-state index >= 15 is 0 Å². The molecule has 1 aliphatic carbocycles. The minimum Gasteiger partial charge on any atom is -0.370 e. The minimum atomic E-state index is -0.258. The van der Waals surface area contributed by atoms with Crippen LogP contribution in [-0.4, -0.2) is 25.2 Å². The van der Waals surface area contributed by atoms with E-state index in [0.717, 1.165) is 31.2 Å². The van der Waals surface area contributed by atoms with E-state index in [1.165, 1.54) is 18.9 Å². The fraction of sp³-hybridized carbons (Fsp3) is 0.538. The van der Waals surface area contributed by atoms with E-state index in [1.54, 1.807) is 6.07 Å². The molecule has 0 bridgehead atoms. The van der Waals surface area contributed by atoms with Crippen LogP contribution in [0.15, 0.2) is 18.2 Å². The second-order valence-corrected chi connectivity index (χ2v) is 5.44. The Morgan fingerprint density at radius 2 is 2.00 bits per heavy atom. The molecule has 1 saturated carbocycles. The molecule has 17 heavy (non-hydrogen) atoms. The van der Waals surface area contributed by atoms with E-state index in [4.69, 9.17) is 11.6 Å². The second kappa shape index (κ2) is 4.46. The van der Waals surface area contributed by atoms with Crippen LogP contribution in [0.4, 0.5) is 10.1 Å². The van der Waals surface area contributed by atoms with Crippen molar-refractivity contribution in [3.8, 4) is 0 Å². The maximum Gasteiger partial charge on any atom is 0.126 e. The number of halogens is 2. The van der Waals surface area contributed by atoms with Crippen molar-refractivity contribution in [2.24, 2.45) is 0 Å². The van der Waals surface area contributed by atoms with Crippen LogP contribution in [-0.2, 0) is 0 Å². The summed E-state index contributed by atoms with van der Waals surface area (Å²) >= 11 is 5.88. The Hall–Kier alpha value is -0.800. The normalized spacial score (nSPS) is 24.4. The molecule has 0 spiro atoms. The van der Waals surface area contributed by atoms with Gasteiger partial charge >= 0.3 is 0 Å². The lowest BCUT2D eigenvalue weighted by molar-refractivity contribution is 0.548. The van der Waals surface area contributed by atoms with Crippen LogP contribution in [0.3, 0.4) is 0 Å². The van der Waals surface area contributed by atoms with Crippen molar-refractivity contribution in [3.05, 3.63) is 29.0 Å². The fourth-order valence-corrected chi connectivity index (χ4v) is 2.65. The van der Waals surface area contributed by atoms with Gasteiger partial charge in [-0.1, -0.05) is 11.6 Å². The molecule has 1 aromatic rings. The lowest BCUT2D eigenvalue weighted by Crippen LogP contribution is -2.33. The minimum absolute atomic E-state index is 0.258. The van der Waals surface area contributed by atoms with Crippen molar-refractivity contribution in [3.63, 3.8) is 0 Å². The van der Waals surface area contributed by atoms with Gasteiger partial charge in [-0.05, 0) is 37.5 Å². The molecule has 4 heteroatoms. The van der Waals surface area contributed by atoms with Crippen LogP contribution in [0.1, 0.15) is 19.3 Å². The standard InChI is InChI=1S/C13H16ClFN2/c14-9-5-10(15)7-13(6-9)17-4-3-12(8-17)16-11-1-2-11/h5-7,11-12,16H,1-4,8H2.